The van der Waals surface area contributed by atoms with Gasteiger partial charge >= 0.3 is 0 Å². The molecular formula is C13H22N2OS. The van der Waals surface area contributed by atoms with Crippen LogP contribution in [0.4, 0.5) is 0 Å². The molecule has 0 aliphatic heterocycles. The van der Waals surface area contributed by atoms with Gasteiger partial charge in [0.25, 0.3) is 0 Å². The summed E-state index contributed by atoms with van der Waals surface area (Å²) in [5, 5.41) is 4.69. The van der Waals surface area contributed by atoms with Crippen LogP contribution in [0.1, 0.15) is 48.7 Å². The van der Waals surface area contributed by atoms with E-state index in [9.17, 15) is 0 Å². The summed E-state index contributed by atoms with van der Waals surface area (Å²) in [7, 11) is 0. The maximum atomic E-state index is 5.55. The zero-order chi connectivity index (χ0) is 12.1. The maximum absolute atomic E-state index is 5.55. The fourth-order valence-electron chi connectivity index (χ4n) is 1.74. The van der Waals surface area contributed by atoms with E-state index in [1.54, 1.807) is 11.3 Å². The van der Waals surface area contributed by atoms with Crippen molar-refractivity contribution in [3.05, 3.63) is 15.6 Å². The van der Waals surface area contributed by atoms with Crippen molar-refractivity contribution in [2.75, 3.05) is 6.61 Å². The lowest BCUT2D eigenvalue weighted by atomic mass is 10.3. The van der Waals surface area contributed by atoms with Gasteiger partial charge in [0.2, 0.25) is 0 Å². The van der Waals surface area contributed by atoms with Crippen molar-refractivity contribution >= 4 is 11.3 Å². The number of nitrogens with zero attached hydrogens (tertiary/aromatic N) is 1. The van der Waals surface area contributed by atoms with Gasteiger partial charge in [0.1, 0.15) is 5.01 Å². The number of aryl methyl sites for hydroxylation is 1. The number of hydrogen-bond acceptors (Lipinski definition) is 4. The Labute approximate surface area is 108 Å². The molecule has 1 fully saturated rings. The first-order valence-corrected chi connectivity index (χ1v) is 7.43. The van der Waals surface area contributed by atoms with E-state index in [1.165, 1.54) is 23.4 Å². The van der Waals surface area contributed by atoms with Crippen molar-refractivity contribution in [3.63, 3.8) is 0 Å². The Morgan fingerprint density at radius 3 is 2.88 bits per heavy atom. The van der Waals surface area contributed by atoms with Crippen LogP contribution in [0.25, 0.3) is 0 Å². The monoisotopic (exact) mass is 254 g/mol. The van der Waals surface area contributed by atoms with Gasteiger partial charge in [-0.1, -0.05) is 13.8 Å². The second-order valence-corrected chi connectivity index (χ2v) is 5.71. The molecule has 0 saturated heterocycles. The molecule has 2 rings (SSSR count). The summed E-state index contributed by atoms with van der Waals surface area (Å²) >= 11 is 1.81. The number of rotatable bonds is 8. The van der Waals surface area contributed by atoms with E-state index in [2.05, 4.69) is 24.1 Å². The minimum atomic E-state index is 0.676. The molecule has 1 aliphatic rings. The van der Waals surface area contributed by atoms with Gasteiger partial charge in [-0.2, -0.15) is 0 Å². The summed E-state index contributed by atoms with van der Waals surface area (Å²) in [5.41, 5.74) is 1.25. The highest BCUT2D eigenvalue weighted by Crippen LogP contribution is 2.23. The van der Waals surface area contributed by atoms with E-state index >= 15 is 0 Å². The Morgan fingerprint density at radius 1 is 1.41 bits per heavy atom. The minimum absolute atomic E-state index is 0.676. The fraction of sp³-hybridized carbons (Fsp3) is 0.769. The van der Waals surface area contributed by atoms with Gasteiger partial charge in [0.05, 0.1) is 12.3 Å². The van der Waals surface area contributed by atoms with Crippen LogP contribution >= 0.6 is 11.3 Å². The lowest BCUT2D eigenvalue weighted by molar-refractivity contribution is 0.121. The Balaban J connectivity index is 1.88. The van der Waals surface area contributed by atoms with Crippen LogP contribution in [0.5, 0.6) is 0 Å². The average molecular weight is 254 g/mol. The normalized spacial score (nSPS) is 15.4. The van der Waals surface area contributed by atoms with Gasteiger partial charge in [-0.25, -0.2) is 4.98 Å². The predicted molar refractivity (Wildman–Crippen MR) is 71.3 cm³/mol. The van der Waals surface area contributed by atoms with Crippen LogP contribution < -0.4 is 5.32 Å². The molecule has 3 nitrogen and oxygen atoms in total. The lowest BCUT2D eigenvalue weighted by Crippen LogP contribution is -2.15. The largest absolute Gasteiger partial charge is 0.374 e. The van der Waals surface area contributed by atoms with E-state index in [-0.39, 0.29) is 0 Å². The molecule has 1 N–H and O–H groups in total. The zero-order valence-electron chi connectivity index (χ0n) is 10.8. The number of ether oxygens (including phenoxy) is 1. The second-order valence-electron chi connectivity index (χ2n) is 4.54. The SMILES string of the molecule is CCCOCc1nc(CC)c(CNC2CC2)s1. The lowest BCUT2D eigenvalue weighted by Gasteiger charge is -2.00. The molecule has 0 radical (unpaired) electrons. The van der Waals surface area contributed by atoms with Crippen molar-refractivity contribution in [2.45, 2.75) is 58.7 Å². The number of aromatic nitrogens is 1. The van der Waals surface area contributed by atoms with Gasteiger partial charge in [-0.05, 0) is 25.7 Å². The van der Waals surface area contributed by atoms with E-state index < -0.39 is 0 Å². The topological polar surface area (TPSA) is 34.1 Å². The van der Waals surface area contributed by atoms with Crippen molar-refractivity contribution < 1.29 is 4.74 Å². The third kappa shape index (κ3) is 4.05. The summed E-state index contributed by atoms with van der Waals surface area (Å²) in [6, 6.07) is 0.765. The van der Waals surface area contributed by atoms with E-state index in [1.807, 2.05) is 0 Å². The molecule has 0 atom stereocenters. The van der Waals surface area contributed by atoms with Crippen molar-refractivity contribution in [2.24, 2.45) is 0 Å². The zero-order valence-corrected chi connectivity index (χ0v) is 11.6. The van der Waals surface area contributed by atoms with Crippen LogP contribution in [-0.4, -0.2) is 17.6 Å². The number of nitrogens with one attached hydrogen (secondary N) is 1. The molecule has 1 aromatic rings. The maximum Gasteiger partial charge on any atom is 0.119 e. The van der Waals surface area contributed by atoms with Gasteiger partial charge in [-0.15, -0.1) is 11.3 Å². The highest BCUT2D eigenvalue weighted by molar-refractivity contribution is 7.11. The van der Waals surface area contributed by atoms with Crippen LogP contribution in [0.3, 0.4) is 0 Å². The molecule has 1 saturated carbocycles. The number of thiazole rings is 1. The van der Waals surface area contributed by atoms with Gasteiger partial charge in [0, 0.05) is 24.1 Å². The van der Waals surface area contributed by atoms with Gasteiger partial charge in [0.15, 0.2) is 0 Å². The molecule has 0 aromatic carbocycles. The Bertz CT molecular complexity index is 347. The second kappa shape index (κ2) is 6.47. The molecule has 17 heavy (non-hydrogen) atoms. The first kappa shape index (κ1) is 13.0. The molecule has 0 amide bonds. The Hall–Kier alpha value is -0.450. The number of hydrogen-bond donors (Lipinski definition) is 1. The van der Waals surface area contributed by atoms with Crippen molar-refractivity contribution in [3.8, 4) is 0 Å². The summed E-state index contributed by atoms with van der Waals surface area (Å²) in [5.74, 6) is 0. The molecule has 0 unspecified atom stereocenters. The van der Waals surface area contributed by atoms with Crippen LogP contribution in [0.2, 0.25) is 0 Å². The van der Waals surface area contributed by atoms with Crippen molar-refractivity contribution in [1.82, 2.24) is 10.3 Å². The highest BCUT2D eigenvalue weighted by Gasteiger charge is 2.21. The molecule has 0 bridgehead atoms. The quantitative estimate of drug-likeness (QED) is 0.724. The minimum Gasteiger partial charge on any atom is -0.374 e. The first-order chi connectivity index (χ1) is 8.33. The molecule has 96 valence electrons. The van der Waals surface area contributed by atoms with Crippen molar-refractivity contribution in [1.29, 1.82) is 0 Å². The van der Waals surface area contributed by atoms with Crippen LogP contribution in [-0.2, 0) is 24.3 Å². The standard InChI is InChI=1S/C13H22N2OS/c1-3-7-16-9-13-15-11(4-2)12(17-13)8-14-10-5-6-10/h10,14H,3-9H2,1-2H3. The molecular weight excluding hydrogens is 232 g/mol. The molecule has 4 heteroatoms. The Kier molecular flexibility index (Phi) is 4.95. The van der Waals surface area contributed by atoms with Crippen LogP contribution in [0.15, 0.2) is 0 Å². The summed E-state index contributed by atoms with van der Waals surface area (Å²) in [4.78, 5) is 6.05. The van der Waals surface area contributed by atoms with Gasteiger partial charge < -0.3 is 10.1 Å². The smallest absolute Gasteiger partial charge is 0.119 e. The predicted octanol–water partition coefficient (Wildman–Crippen LogP) is 2.88. The van der Waals surface area contributed by atoms with E-state index in [0.717, 1.165) is 37.0 Å². The third-order valence-electron chi connectivity index (χ3n) is 2.86. The molecule has 1 aromatic heterocycles. The van der Waals surface area contributed by atoms with Gasteiger partial charge in [-0.3, -0.25) is 0 Å². The van der Waals surface area contributed by atoms with E-state index in [4.69, 9.17) is 4.74 Å². The molecule has 0 spiro atoms. The molecule has 1 aliphatic carbocycles. The highest BCUT2D eigenvalue weighted by atomic mass is 32.1. The third-order valence-corrected chi connectivity index (χ3v) is 3.93. The average Bonchev–Trinajstić information content (AvgIpc) is 3.08. The fourth-order valence-corrected chi connectivity index (χ4v) is 2.79. The first-order valence-electron chi connectivity index (χ1n) is 6.62. The van der Waals surface area contributed by atoms with E-state index in [0.29, 0.717) is 6.61 Å². The van der Waals surface area contributed by atoms with Crippen LogP contribution in [0, 0.1) is 0 Å². The summed E-state index contributed by atoms with van der Waals surface area (Å²) in [6.45, 7) is 6.79. The molecule has 1 heterocycles. The summed E-state index contributed by atoms with van der Waals surface area (Å²) < 4.78 is 5.55. The summed E-state index contributed by atoms with van der Waals surface area (Å²) in [6.07, 6.45) is 4.77. The Morgan fingerprint density at radius 2 is 2.24 bits per heavy atom.